The number of amides is 2. The van der Waals surface area contributed by atoms with E-state index in [2.05, 4.69) is 16.0 Å². The second-order valence-corrected chi connectivity index (χ2v) is 14.0. The molecule has 0 aromatic heterocycles. The molecule has 2 atom stereocenters. The molecule has 5 aliphatic carbocycles. The van der Waals surface area contributed by atoms with Crippen LogP contribution in [0.15, 0.2) is 29.2 Å². The van der Waals surface area contributed by atoms with Crippen molar-refractivity contribution in [2.45, 2.75) is 87.7 Å². The Balaban J connectivity index is 1.26. The van der Waals surface area contributed by atoms with Gasteiger partial charge in [-0.2, -0.15) is 0 Å². The third-order valence-electron chi connectivity index (χ3n) is 8.89. The Kier molecular flexibility index (Phi) is 6.46. The maximum atomic E-state index is 13.5. The minimum atomic E-state index is -3.68. The van der Waals surface area contributed by atoms with E-state index in [1.54, 1.807) is 18.2 Å². The van der Waals surface area contributed by atoms with Gasteiger partial charge in [-0.25, -0.2) is 8.42 Å². The second kappa shape index (κ2) is 9.03. The van der Waals surface area contributed by atoms with Crippen LogP contribution in [0, 0.1) is 23.2 Å². The first-order valence-electron chi connectivity index (χ1n) is 12.9. The van der Waals surface area contributed by atoms with Gasteiger partial charge in [-0.15, -0.1) is 0 Å². The Morgan fingerprint density at radius 2 is 1.71 bits per heavy atom. The van der Waals surface area contributed by atoms with Gasteiger partial charge in [0.15, 0.2) is 9.84 Å². The Labute approximate surface area is 213 Å². The number of halogens is 1. The topological polar surface area (TPSA) is 104 Å². The predicted octanol–water partition coefficient (Wildman–Crippen LogP) is 3.42. The molecule has 192 valence electrons. The molecule has 2 unspecified atom stereocenters. The highest BCUT2D eigenvalue weighted by atomic mass is 35.5. The van der Waals surface area contributed by atoms with E-state index in [0.29, 0.717) is 30.6 Å². The van der Waals surface area contributed by atoms with Gasteiger partial charge in [0.05, 0.1) is 20.9 Å². The highest BCUT2D eigenvalue weighted by Crippen LogP contribution is 2.60. The minimum absolute atomic E-state index is 0.0541. The normalized spacial score (nSPS) is 32.8. The number of hydrogen-bond acceptors (Lipinski definition) is 5. The zero-order valence-electron chi connectivity index (χ0n) is 20.5. The summed E-state index contributed by atoms with van der Waals surface area (Å²) in [7, 11) is -3.68. The quantitative estimate of drug-likeness (QED) is 0.486. The van der Waals surface area contributed by atoms with Gasteiger partial charge in [0.2, 0.25) is 11.8 Å². The van der Waals surface area contributed by atoms with Crippen LogP contribution in [0.4, 0.5) is 0 Å². The number of rotatable bonds is 8. The third kappa shape index (κ3) is 4.51. The average molecular weight is 522 g/mol. The molecular weight excluding hydrogens is 486 g/mol. The van der Waals surface area contributed by atoms with Crippen LogP contribution in [0.25, 0.3) is 0 Å². The molecule has 5 saturated carbocycles. The van der Waals surface area contributed by atoms with Crippen molar-refractivity contribution in [3.63, 3.8) is 0 Å². The minimum Gasteiger partial charge on any atom is -0.353 e. The van der Waals surface area contributed by atoms with Crippen molar-refractivity contribution < 1.29 is 18.0 Å². The summed E-state index contributed by atoms with van der Waals surface area (Å²) in [5, 5.41) is 9.76. The number of benzene rings is 1. The molecule has 9 heteroatoms. The summed E-state index contributed by atoms with van der Waals surface area (Å²) in [6.45, 7) is 4.00. The van der Waals surface area contributed by atoms with Crippen LogP contribution < -0.4 is 16.0 Å². The largest absolute Gasteiger partial charge is 0.353 e. The molecule has 4 bridgehead atoms. The summed E-state index contributed by atoms with van der Waals surface area (Å²) >= 11 is 6.11. The lowest BCUT2D eigenvalue weighted by molar-refractivity contribution is -0.152. The smallest absolute Gasteiger partial charge is 0.240 e. The molecule has 5 aliphatic rings. The SMILES string of the molecule is CC(C)NC(=O)C12CC3CC(C1)C(NC(=O)C1(NCS(=O)(=O)c4ccccc4Cl)CCC1)C(C3)C2. The van der Waals surface area contributed by atoms with Crippen molar-refractivity contribution >= 4 is 33.3 Å². The van der Waals surface area contributed by atoms with Crippen molar-refractivity contribution in [1.29, 1.82) is 0 Å². The summed E-state index contributed by atoms with van der Waals surface area (Å²) in [6.07, 6.45) is 6.83. The van der Waals surface area contributed by atoms with Gasteiger partial charge in [-0.05, 0) is 95.1 Å². The van der Waals surface area contributed by atoms with Crippen molar-refractivity contribution in [2.75, 3.05) is 5.88 Å². The fraction of sp³-hybridized carbons (Fsp3) is 0.692. The molecule has 2 amide bonds. The van der Waals surface area contributed by atoms with Crippen molar-refractivity contribution in [3.05, 3.63) is 29.3 Å². The number of nitrogens with one attached hydrogen (secondary N) is 3. The lowest BCUT2D eigenvalue weighted by atomic mass is 9.47. The standard InChI is InChI=1S/C26H36ClN3O4S/c1-16(2)29-23(31)25-12-17-10-18(13-25)22(19(11-17)14-25)30-24(32)26(8-5-9-26)28-15-35(33,34)21-7-4-3-6-20(21)27/h3-4,6-7,16-19,22,28H,5,8-15H2,1-2H3,(H,29,31)(H,30,32). The summed E-state index contributed by atoms with van der Waals surface area (Å²) in [4.78, 5) is 26.7. The van der Waals surface area contributed by atoms with E-state index in [-0.39, 0.29) is 45.1 Å². The Morgan fingerprint density at radius 1 is 1.06 bits per heavy atom. The molecule has 1 aromatic rings. The summed E-state index contributed by atoms with van der Waals surface area (Å²) in [5.41, 5.74) is -1.16. The second-order valence-electron chi connectivity index (χ2n) is 11.7. The molecule has 5 fully saturated rings. The molecule has 0 spiro atoms. The van der Waals surface area contributed by atoms with Gasteiger partial charge in [0.25, 0.3) is 0 Å². The van der Waals surface area contributed by atoms with Gasteiger partial charge < -0.3 is 10.6 Å². The van der Waals surface area contributed by atoms with E-state index in [1.165, 1.54) is 6.07 Å². The van der Waals surface area contributed by atoms with Crippen LogP contribution in [0.1, 0.15) is 65.2 Å². The summed E-state index contributed by atoms with van der Waals surface area (Å²) in [5.74, 6) is 0.895. The van der Waals surface area contributed by atoms with Crippen LogP contribution in [-0.4, -0.2) is 43.7 Å². The number of hydrogen-bond donors (Lipinski definition) is 3. The zero-order chi connectivity index (χ0) is 25.0. The van der Waals surface area contributed by atoms with Crippen LogP contribution in [-0.2, 0) is 19.4 Å². The molecule has 3 N–H and O–H groups in total. The van der Waals surface area contributed by atoms with Gasteiger partial charge in [0, 0.05) is 12.1 Å². The average Bonchev–Trinajstić information content (AvgIpc) is 2.74. The van der Waals surface area contributed by atoms with Crippen molar-refractivity contribution in [2.24, 2.45) is 23.2 Å². The molecule has 7 nitrogen and oxygen atoms in total. The van der Waals surface area contributed by atoms with E-state index in [9.17, 15) is 18.0 Å². The van der Waals surface area contributed by atoms with Crippen molar-refractivity contribution in [1.82, 2.24) is 16.0 Å². The third-order valence-corrected chi connectivity index (χ3v) is 10.9. The highest BCUT2D eigenvalue weighted by molar-refractivity contribution is 7.91. The van der Waals surface area contributed by atoms with Gasteiger partial charge in [0.1, 0.15) is 5.88 Å². The Morgan fingerprint density at radius 3 is 2.29 bits per heavy atom. The van der Waals surface area contributed by atoms with Crippen LogP contribution in [0.5, 0.6) is 0 Å². The maximum absolute atomic E-state index is 13.5. The Bertz CT molecular complexity index is 1100. The number of carbonyl (C=O) groups excluding carboxylic acids is 2. The molecule has 0 saturated heterocycles. The first kappa shape index (κ1) is 25.0. The summed E-state index contributed by atoms with van der Waals surface area (Å²) < 4.78 is 25.8. The lowest BCUT2D eigenvalue weighted by Gasteiger charge is -2.59. The zero-order valence-corrected chi connectivity index (χ0v) is 22.1. The van der Waals surface area contributed by atoms with E-state index >= 15 is 0 Å². The highest BCUT2D eigenvalue weighted by Gasteiger charge is 2.59. The molecule has 0 radical (unpaired) electrons. The fourth-order valence-corrected chi connectivity index (χ4v) is 9.03. The van der Waals surface area contributed by atoms with Crippen LogP contribution in [0.3, 0.4) is 0 Å². The first-order valence-corrected chi connectivity index (χ1v) is 14.9. The van der Waals surface area contributed by atoms with Gasteiger partial charge >= 0.3 is 0 Å². The Hall–Kier alpha value is -1.64. The molecule has 6 rings (SSSR count). The molecule has 0 aliphatic heterocycles. The molecule has 1 aromatic carbocycles. The predicted molar refractivity (Wildman–Crippen MR) is 134 cm³/mol. The van der Waals surface area contributed by atoms with Gasteiger partial charge in [-0.1, -0.05) is 23.7 Å². The van der Waals surface area contributed by atoms with Crippen LogP contribution >= 0.6 is 11.6 Å². The van der Waals surface area contributed by atoms with E-state index in [0.717, 1.165) is 38.5 Å². The molecule has 0 heterocycles. The maximum Gasteiger partial charge on any atom is 0.240 e. The van der Waals surface area contributed by atoms with E-state index < -0.39 is 15.4 Å². The summed E-state index contributed by atoms with van der Waals surface area (Å²) in [6, 6.07) is 6.56. The fourth-order valence-electron chi connectivity index (χ4n) is 7.27. The first-order chi connectivity index (χ1) is 16.5. The van der Waals surface area contributed by atoms with Crippen molar-refractivity contribution in [3.8, 4) is 0 Å². The van der Waals surface area contributed by atoms with E-state index in [4.69, 9.17) is 11.6 Å². The lowest BCUT2D eigenvalue weighted by Crippen LogP contribution is -2.68. The number of carbonyl (C=O) groups is 2. The van der Waals surface area contributed by atoms with E-state index in [1.807, 2.05) is 13.8 Å². The monoisotopic (exact) mass is 521 g/mol. The van der Waals surface area contributed by atoms with Crippen LogP contribution in [0.2, 0.25) is 5.02 Å². The van der Waals surface area contributed by atoms with Gasteiger partial charge in [-0.3, -0.25) is 14.9 Å². The number of sulfone groups is 1. The molecular formula is C26H36ClN3O4S. The molecule has 35 heavy (non-hydrogen) atoms.